The number of thiazole rings is 1. The van der Waals surface area contributed by atoms with Gasteiger partial charge in [-0.1, -0.05) is 30.5 Å². The quantitative estimate of drug-likeness (QED) is 0.424. The standard InChI is InChI=1S/C25H24N2O6S2/c1-15-8-9-17(20(11-15)23(29)16-5-2-3-6-16)12-18(28)13-21-27-14-22(34-21)35(32,33)24-19(25(30)31)7-4-10-26-24/h4,7-11,14,16H,2-3,5-6,12-13H2,1H3,(H,30,31). The Morgan fingerprint density at radius 1 is 1.06 bits per heavy atom. The summed E-state index contributed by atoms with van der Waals surface area (Å²) in [6.07, 6.45) is 6.09. The number of carbonyl (C=O) groups is 3. The molecule has 0 saturated heterocycles. The largest absolute Gasteiger partial charge is 0.478 e. The van der Waals surface area contributed by atoms with Crippen LogP contribution < -0.4 is 0 Å². The first-order valence-electron chi connectivity index (χ1n) is 11.2. The molecule has 35 heavy (non-hydrogen) atoms. The molecule has 0 aliphatic heterocycles. The average Bonchev–Trinajstić information content (AvgIpc) is 3.52. The topological polar surface area (TPSA) is 131 Å². The SMILES string of the molecule is Cc1ccc(CC(=O)Cc2ncc(S(=O)(=O)c3ncccc3C(=O)O)s2)c(C(=O)C2CCCC2)c1. The van der Waals surface area contributed by atoms with Crippen LogP contribution in [-0.4, -0.2) is 41.0 Å². The van der Waals surface area contributed by atoms with Gasteiger partial charge >= 0.3 is 5.97 Å². The van der Waals surface area contributed by atoms with Crippen LogP contribution in [0.2, 0.25) is 0 Å². The summed E-state index contributed by atoms with van der Waals surface area (Å²) in [4.78, 5) is 45.1. The van der Waals surface area contributed by atoms with E-state index < -0.39 is 26.4 Å². The lowest BCUT2D eigenvalue weighted by atomic mass is 9.90. The molecule has 0 bridgehead atoms. The molecule has 1 aromatic carbocycles. The zero-order valence-electron chi connectivity index (χ0n) is 19.1. The molecular formula is C25H24N2O6S2. The van der Waals surface area contributed by atoms with E-state index in [1.54, 1.807) is 0 Å². The molecule has 3 aromatic rings. The molecule has 0 spiro atoms. The molecule has 0 unspecified atom stereocenters. The second-order valence-electron chi connectivity index (χ2n) is 8.64. The summed E-state index contributed by atoms with van der Waals surface area (Å²) in [5.74, 6) is -1.52. The van der Waals surface area contributed by atoms with Crippen molar-refractivity contribution in [3.8, 4) is 0 Å². The summed E-state index contributed by atoms with van der Waals surface area (Å²) in [5, 5.41) is 9.03. The van der Waals surface area contributed by atoms with Crippen molar-refractivity contribution in [2.75, 3.05) is 0 Å². The summed E-state index contributed by atoms with van der Waals surface area (Å²) in [7, 11) is -4.21. The molecular weight excluding hydrogens is 488 g/mol. The smallest absolute Gasteiger partial charge is 0.338 e. The van der Waals surface area contributed by atoms with Crippen molar-refractivity contribution in [1.82, 2.24) is 9.97 Å². The van der Waals surface area contributed by atoms with Gasteiger partial charge < -0.3 is 5.11 Å². The zero-order chi connectivity index (χ0) is 25.2. The Morgan fingerprint density at radius 3 is 2.51 bits per heavy atom. The normalized spacial score (nSPS) is 14.2. The number of ketones is 2. The number of rotatable bonds is 9. The molecule has 1 aliphatic carbocycles. The lowest BCUT2D eigenvalue weighted by Gasteiger charge is -2.13. The number of carboxylic acids is 1. The van der Waals surface area contributed by atoms with Gasteiger partial charge in [-0.25, -0.2) is 23.2 Å². The third-order valence-corrected chi connectivity index (χ3v) is 9.22. The van der Waals surface area contributed by atoms with Crippen LogP contribution in [0.5, 0.6) is 0 Å². The van der Waals surface area contributed by atoms with Gasteiger partial charge in [0, 0.05) is 24.1 Å². The lowest BCUT2D eigenvalue weighted by molar-refractivity contribution is -0.117. The number of aryl methyl sites for hydroxylation is 1. The van der Waals surface area contributed by atoms with Crippen molar-refractivity contribution >= 4 is 38.7 Å². The molecule has 2 aromatic heterocycles. The maximum atomic E-state index is 13.0. The van der Waals surface area contributed by atoms with Gasteiger partial charge in [-0.05, 0) is 43.5 Å². The van der Waals surface area contributed by atoms with Crippen LogP contribution in [0.3, 0.4) is 0 Å². The van der Waals surface area contributed by atoms with Crippen molar-refractivity contribution in [2.24, 2.45) is 5.92 Å². The van der Waals surface area contributed by atoms with Gasteiger partial charge in [0.25, 0.3) is 0 Å². The van der Waals surface area contributed by atoms with Crippen molar-refractivity contribution in [3.63, 3.8) is 0 Å². The highest BCUT2D eigenvalue weighted by Crippen LogP contribution is 2.30. The molecule has 182 valence electrons. The first-order valence-corrected chi connectivity index (χ1v) is 13.5. The highest BCUT2D eigenvalue weighted by Gasteiger charge is 2.29. The van der Waals surface area contributed by atoms with Crippen molar-refractivity contribution in [2.45, 2.75) is 54.7 Å². The molecule has 8 nitrogen and oxygen atoms in total. The number of nitrogens with zero attached hydrogens (tertiary/aromatic N) is 2. The number of hydrogen-bond acceptors (Lipinski definition) is 8. The predicted molar refractivity (Wildman–Crippen MR) is 129 cm³/mol. The molecule has 1 saturated carbocycles. The Balaban J connectivity index is 1.52. The van der Waals surface area contributed by atoms with Crippen LogP contribution in [0.1, 0.15) is 62.5 Å². The van der Waals surface area contributed by atoms with Gasteiger partial charge in [-0.3, -0.25) is 9.59 Å². The summed E-state index contributed by atoms with van der Waals surface area (Å²) in [5.41, 5.74) is 1.77. The zero-order valence-corrected chi connectivity index (χ0v) is 20.7. The Bertz CT molecular complexity index is 1400. The van der Waals surface area contributed by atoms with Crippen LogP contribution >= 0.6 is 11.3 Å². The molecule has 1 fully saturated rings. The number of carboxylic acid groups (broad SMARTS) is 1. The fourth-order valence-electron chi connectivity index (χ4n) is 4.29. The number of sulfone groups is 1. The van der Waals surface area contributed by atoms with E-state index in [0.717, 1.165) is 48.8 Å². The molecule has 0 atom stereocenters. The molecule has 0 radical (unpaired) electrons. The predicted octanol–water partition coefficient (Wildman–Crippen LogP) is 4.10. The van der Waals surface area contributed by atoms with Gasteiger partial charge in [0.2, 0.25) is 9.84 Å². The van der Waals surface area contributed by atoms with E-state index in [1.807, 2.05) is 25.1 Å². The summed E-state index contributed by atoms with van der Waals surface area (Å²) >= 11 is 0.808. The third-order valence-electron chi connectivity index (χ3n) is 6.05. The first-order chi connectivity index (χ1) is 16.7. The minimum atomic E-state index is -4.21. The van der Waals surface area contributed by atoms with Gasteiger partial charge in [0.1, 0.15) is 15.0 Å². The molecule has 4 rings (SSSR count). The Hall–Kier alpha value is -3.24. The maximum absolute atomic E-state index is 13.0. The third kappa shape index (κ3) is 5.38. The van der Waals surface area contributed by atoms with Crippen LogP contribution in [0.15, 0.2) is 52.0 Å². The number of benzene rings is 1. The molecule has 1 N–H and O–H groups in total. The van der Waals surface area contributed by atoms with Crippen molar-refractivity contribution in [1.29, 1.82) is 0 Å². The number of hydrogen-bond donors (Lipinski definition) is 1. The van der Waals surface area contributed by atoms with Gasteiger partial charge in [-0.2, -0.15) is 0 Å². The maximum Gasteiger partial charge on any atom is 0.338 e. The van der Waals surface area contributed by atoms with E-state index in [1.165, 1.54) is 18.3 Å². The van der Waals surface area contributed by atoms with Gasteiger partial charge in [-0.15, -0.1) is 11.3 Å². The Labute approximate surface area is 207 Å². The van der Waals surface area contributed by atoms with E-state index >= 15 is 0 Å². The fourth-order valence-corrected chi connectivity index (χ4v) is 6.95. The van der Waals surface area contributed by atoms with E-state index in [9.17, 15) is 27.9 Å². The van der Waals surface area contributed by atoms with Crippen LogP contribution in [0, 0.1) is 12.8 Å². The van der Waals surface area contributed by atoms with E-state index in [4.69, 9.17) is 0 Å². The number of aromatic carboxylic acids is 1. The second-order valence-corrected chi connectivity index (χ2v) is 11.8. The minimum Gasteiger partial charge on any atom is -0.478 e. The highest BCUT2D eigenvalue weighted by molar-refractivity contribution is 7.93. The molecule has 10 heteroatoms. The monoisotopic (exact) mass is 512 g/mol. The lowest BCUT2D eigenvalue weighted by Crippen LogP contribution is -2.16. The summed E-state index contributed by atoms with van der Waals surface area (Å²) in [6.45, 7) is 1.91. The van der Waals surface area contributed by atoms with Crippen LogP contribution in [0.25, 0.3) is 0 Å². The van der Waals surface area contributed by atoms with Crippen LogP contribution in [-0.2, 0) is 27.5 Å². The van der Waals surface area contributed by atoms with E-state index in [0.29, 0.717) is 11.1 Å². The van der Waals surface area contributed by atoms with Crippen LogP contribution in [0.4, 0.5) is 0 Å². The molecule has 1 aliphatic rings. The summed E-state index contributed by atoms with van der Waals surface area (Å²) < 4.78 is 25.7. The fraction of sp³-hybridized carbons (Fsp3) is 0.320. The minimum absolute atomic E-state index is 0.000307. The molecule has 0 amide bonds. The number of carbonyl (C=O) groups excluding carboxylic acids is 2. The van der Waals surface area contributed by atoms with E-state index in [-0.39, 0.29) is 39.5 Å². The molecule has 2 heterocycles. The number of aromatic nitrogens is 2. The Morgan fingerprint density at radius 2 is 1.80 bits per heavy atom. The van der Waals surface area contributed by atoms with E-state index in [2.05, 4.69) is 9.97 Å². The number of Topliss-reactive ketones (excluding diaryl/α,β-unsaturated/α-hetero) is 2. The Kier molecular flexibility index (Phi) is 7.23. The summed E-state index contributed by atoms with van der Waals surface area (Å²) in [6, 6.07) is 8.02. The van der Waals surface area contributed by atoms with Crippen molar-refractivity contribution in [3.05, 3.63) is 70.0 Å². The first kappa shape index (κ1) is 24.9. The average molecular weight is 513 g/mol. The second kappa shape index (κ2) is 10.2. The van der Waals surface area contributed by atoms with Crippen molar-refractivity contribution < 1.29 is 27.9 Å². The van der Waals surface area contributed by atoms with Gasteiger partial charge in [0.05, 0.1) is 18.2 Å². The highest BCUT2D eigenvalue weighted by atomic mass is 32.2. The van der Waals surface area contributed by atoms with Gasteiger partial charge in [0.15, 0.2) is 10.8 Å². The number of pyridine rings is 1.